The van der Waals surface area contributed by atoms with E-state index in [0.29, 0.717) is 72.6 Å². The van der Waals surface area contributed by atoms with Gasteiger partial charge >= 0.3 is 18.2 Å². The summed E-state index contributed by atoms with van der Waals surface area (Å²) in [5, 5.41) is 4.75. The van der Waals surface area contributed by atoms with E-state index >= 15 is 13.2 Å². The number of ether oxygens (including phenoxy) is 4. The van der Waals surface area contributed by atoms with Crippen molar-refractivity contribution in [1.29, 1.82) is 0 Å². The zero-order valence-corrected chi connectivity index (χ0v) is 38.9. The van der Waals surface area contributed by atoms with Gasteiger partial charge in [-0.2, -0.15) is 13.2 Å². The number of pyridine rings is 1. The van der Waals surface area contributed by atoms with Gasteiger partial charge in [0, 0.05) is 68.1 Å². The average molecular weight is 918 g/mol. The summed E-state index contributed by atoms with van der Waals surface area (Å²) < 4.78 is 69.7. The van der Waals surface area contributed by atoms with Gasteiger partial charge in [0.15, 0.2) is 0 Å². The Morgan fingerprint density at radius 1 is 1.05 bits per heavy atom. The molecule has 4 aliphatic rings. The first-order valence-electron chi connectivity index (χ1n) is 22.9. The molecule has 0 saturated carbocycles. The third-order valence-corrected chi connectivity index (χ3v) is 12.9. The minimum Gasteiger partial charge on any atom is -0.464 e. The van der Waals surface area contributed by atoms with Crippen LogP contribution in [0.25, 0.3) is 33.3 Å². The van der Waals surface area contributed by atoms with Crippen molar-refractivity contribution in [1.82, 2.24) is 30.2 Å². The lowest BCUT2D eigenvalue weighted by molar-refractivity contribution is -0.155. The number of esters is 1. The number of piperazine rings is 1. The van der Waals surface area contributed by atoms with Crippen molar-refractivity contribution < 1.29 is 46.5 Å². The molecular formula is C49H62F3N7O7. The highest BCUT2D eigenvalue weighted by Crippen LogP contribution is 2.44. The molecule has 0 spiro atoms. The van der Waals surface area contributed by atoms with Gasteiger partial charge < -0.3 is 33.7 Å². The number of carbonyl (C=O) groups is 3. The lowest BCUT2D eigenvalue weighted by Gasteiger charge is -2.44. The number of alkyl halides is 3. The predicted molar refractivity (Wildman–Crippen MR) is 244 cm³/mol. The van der Waals surface area contributed by atoms with Crippen molar-refractivity contribution in [3.05, 3.63) is 71.5 Å². The molecular weight excluding hydrogens is 856 g/mol. The average Bonchev–Trinajstić information content (AvgIpc) is 3.55. The standard InChI is InChI=1S/C49H62F3N7O7/c1-30(63-7)42-37(23-34(25-53-42)57-17-16-56-18-19-64-27-35(56)26-57)43-38-24-48(5,6)29-65-45(61)39-12-9-15-59(55-39)44(60)40(54-46(62)66-47(2,3)4)21-31-10-8-11-32(20-31)33-13-14-41(36(38)22-33)58(43)28-49(50,51)52/h8,10-11,13-14,20,22-23,25,30,35,39-40,55H,9,12,15-19,21,24,26-29H2,1-7H3,(H,54,62)/t30-,35-,39-,40-/m0/s1. The summed E-state index contributed by atoms with van der Waals surface area (Å²) in [4.78, 5) is 50.9. The van der Waals surface area contributed by atoms with Crippen molar-refractivity contribution in [3.8, 4) is 22.4 Å². The smallest absolute Gasteiger partial charge is 0.408 e. The first-order valence-corrected chi connectivity index (χ1v) is 22.9. The van der Waals surface area contributed by atoms with E-state index in [0.717, 1.165) is 42.0 Å². The minimum absolute atomic E-state index is 0.0682. The Balaban J connectivity index is 1.30. The number of alkyl carbamates (subject to hydrolysis) is 1. The van der Waals surface area contributed by atoms with E-state index in [2.05, 4.69) is 20.5 Å². The molecule has 2 amide bonds. The SMILES string of the molecule is CO[C@@H](C)c1ncc(N2CCN3CCOC[C@@H]3C2)cc1-c1c2c3cc(ccc3n1CC(F)(F)F)-c1cccc(c1)C[C@H](NC(=O)OC(C)(C)C)C(=O)N1CCC[C@H](N1)C(=O)OCC(C)(C)C2. The maximum Gasteiger partial charge on any atom is 0.408 e. The molecule has 3 fully saturated rings. The second kappa shape index (κ2) is 18.8. The van der Waals surface area contributed by atoms with Gasteiger partial charge in [-0.3, -0.25) is 24.5 Å². The first kappa shape index (κ1) is 47.3. The number of nitrogens with zero attached hydrogens (tertiary/aromatic N) is 5. The molecule has 8 rings (SSSR count). The quantitative estimate of drug-likeness (QED) is 0.190. The largest absolute Gasteiger partial charge is 0.464 e. The normalized spacial score (nSPS) is 22.6. The van der Waals surface area contributed by atoms with E-state index in [1.165, 1.54) is 9.58 Å². The highest BCUT2D eigenvalue weighted by molar-refractivity contribution is 5.96. The molecule has 6 bridgehead atoms. The molecule has 4 atom stereocenters. The van der Waals surface area contributed by atoms with Gasteiger partial charge in [-0.05, 0) is 87.4 Å². The van der Waals surface area contributed by atoms with Crippen LogP contribution in [0.2, 0.25) is 0 Å². The van der Waals surface area contributed by atoms with E-state index in [4.69, 9.17) is 23.9 Å². The predicted octanol–water partition coefficient (Wildman–Crippen LogP) is 7.22. The van der Waals surface area contributed by atoms with Crippen molar-refractivity contribution in [2.24, 2.45) is 5.41 Å². The summed E-state index contributed by atoms with van der Waals surface area (Å²) in [7, 11) is 1.56. The fourth-order valence-corrected chi connectivity index (χ4v) is 9.64. The third-order valence-electron chi connectivity index (χ3n) is 12.9. The lowest BCUT2D eigenvalue weighted by atomic mass is 9.84. The highest BCUT2D eigenvalue weighted by atomic mass is 19.4. The van der Waals surface area contributed by atoms with Crippen LogP contribution in [-0.4, -0.2) is 127 Å². The van der Waals surface area contributed by atoms with Crippen LogP contribution in [0.3, 0.4) is 0 Å². The van der Waals surface area contributed by atoms with Crippen molar-refractivity contribution in [2.75, 3.05) is 64.6 Å². The molecule has 2 aromatic carbocycles. The lowest BCUT2D eigenvalue weighted by Crippen LogP contribution is -2.60. The Kier molecular flexibility index (Phi) is 13.5. The minimum atomic E-state index is -4.60. The van der Waals surface area contributed by atoms with Crippen molar-refractivity contribution in [3.63, 3.8) is 0 Å². The summed E-state index contributed by atoms with van der Waals surface area (Å²) in [6.07, 6.45) is -2.94. The number of hydrogen-bond acceptors (Lipinski definition) is 11. The van der Waals surface area contributed by atoms with Gasteiger partial charge in [0.05, 0.1) is 55.2 Å². The molecule has 17 heteroatoms. The molecule has 3 saturated heterocycles. The van der Waals surface area contributed by atoms with Gasteiger partial charge in [-0.25, -0.2) is 10.2 Å². The molecule has 6 heterocycles. The number of halogens is 3. The zero-order chi connectivity index (χ0) is 47.1. The molecule has 2 N–H and O–H groups in total. The molecule has 0 unspecified atom stereocenters. The van der Waals surface area contributed by atoms with E-state index in [9.17, 15) is 14.4 Å². The van der Waals surface area contributed by atoms with E-state index in [1.54, 1.807) is 40.1 Å². The summed E-state index contributed by atoms with van der Waals surface area (Å²) in [6.45, 7) is 14.2. The maximum atomic E-state index is 15.0. The Morgan fingerprint density at radius 2 is 1.83 bits per heavy atom. The van der Waals surface area contributed by atoms with Crippen LogP contribution in [0, 0.1) is 5.41 Å². The number of benzene rings is 2. The van der Waals surface area contributed by atoms with E-state index < -0.39 is 59.9 Å². The number of aromatic nitrogens is 2. The van der Waals surface area contributed by atoms with E-state index in [-0.39, 0.29) is 25.5 Å². The second-order valence-electron chi connectivity index (χ2n) is 19.8. The second-order valence-corrected chi connectivity index (χ2v) is 19.8. The van der Waals surface area contributed by atoms with Gasteiger partial charge in [0.1, 0.15) is 24.2 Å². The number of cyclic esters (lactones) is 1. The summed E-state index contributed by atoms with van der Waals surface area (Å²) in [5.41, 5.74) is 6.87. The highest BCUT2D eigenvalue weighted by Gasteiger charge is 2.38. The molecule has 4 aromatic rings. The Labute approximate surface area is 384 Å². The number of hydrazine groups is 1. The molecule has 0 radical (unpaired) electrons. The van der Waals surface area contributed by atoms with Crippen LogP contribution in [0.4, 0.5) is 23.7 Å². The number of nitrogens with one attached hydrogen (secondary N) is 2. The Morgan fingerprint density at radius 3 is 2.59 bits per heavy atom. The van der Waals surface area contributed by atoms with Crippen LogP contribution in [-0.2, 0) is 47.9 Å². The number of morpholine rings is 1. The fourth-order valence-electron chi connectivity index (χ4n) is 9.64. The number of carbonyl (C=O) groups excluding carboxylic acids is 3. The topological polar surface area (TPSA) is 140 Å². The Hall–Kier alpha value is -5.23. The van der Waals surface area contributed by atoms with Crippen LogP contribution >= 0.6 is 0 Å². The number of methoxy groups -OCH3 is 1. The third kappa shape index (κ3) is 10.6. The van der Waals surface area contributed by atoms with Gasteiger partial charge in [0.25, 0.3) is 5.91 Å². The maximum absolute atomic E-state index is 15.0. The van der Waals surface area contributed by atoms with Crippen molar-refractivity contribution >= 4 is 34.6 Å². The number of anilines is 1. The molecule has 14 nitrogen and oxygen atoms in total. The molecule has 66 heavy (non-hydrogen) atoms. The fraction of sp³-hybridized carbons (Fsp3) is 0.551. The molecule has 0 aliphatic carbocycles. The molecule has 4 aliphatic heterocycles. The van der Waals surface area contributed by atoms with Crippen LogP contribution in [0.5, 0.6) is 0 Å². The molecule has 356 valence electrons. The zero-order valence-electron chi connectivity index (χ0n) is 38.9. The number of hydrogen-bond donors (Lipinski definition) is 2. The summed E-state index contributed by atoms with van der Waals surface area (Å²) in [6, 6.07) is 13.2. The van der Waals surface area contributed by atoms with Crippen LogP contribution < -0.4 is 15.6 Å². The van der Waals surface area contributed by atoms with Crippen molar-refractivity contribution in [2.45, 2.75) is 110 Å². The monoisotopic (exact) mass is 917 g/mol. The number of rotatable bonds is 6. The first-order chi connectivity index (χ1) is 31.3. The number of amides is 2. The van der Waals surface area contributed by atoms with E-state index in [1.807, 2.05) is 63.2 Å². The molecule has 2 aromatic heterocycles. The van der Waals surface area contributed by atoms with Gasteiger partial charge in [0.2, 0.25) is 0 Å². The number of fused-ring (bicyclic) bond motifs is 7. The summed E-state index contributed by atoms with van der Waals surface area (Å²) >= 11 is 0. The van der Waals surface area contributed by atoms with Gasteiger partial charge in [-0.1, -0.05) is 44.2 Å². The van der Waals surface area contributed by atoms with Gasteiger partial charge in [-0.15, -0.1) is 0 Å². The van der Waals surface area contributed by atoms with Crippen LogP contribution in [0.1, 0.15) is 77.3 Å². The van der Waals surface area contributed by atoms with Crippen LogP contribution in [0.15, 0.2) is 54.7 Å². The summed E-state index contributed by atoms with van der Waals surface area (Å²) in [5.74, 6) is -1.01. The Bertz CT molecular complexity index is 2450.